The van der Waals surface area contributed by atoms with E-state index in [0.717, 1.165) is 5.56 Å². The second-order valence-corrected chi connectivity index (χ2v) is 5.51. The Morgan fingerprint density at radius 1 is 1.26 bits per heavy atom. The topological polar surface area (TPSA) is 29.1 Å². The van der Waals surface area contributed by atoms with Crippen molar-refractivity contribution in [1.82, 2.24) is 5.32 Å². The molecule has 0 aliphatic carbocycles. The van der Waals surface area contributed by atoms with Crippen molar-refractivity contribution in [3.8, 4) is 11.8 Å². The molecule has 0 heterocycles. The lowest BCUT2D eigenvalue weighted by Crippen LogP contribution is -2.21. The van der Waals surface area contributed by atoms with E-state index in [1.54, 1.807) is 6.08 Å². The minimum absolute atomic E-state index is 0.0253. The van der Waals surface area contributed by atoms with Gasteiger partial charge in [0, 0.05) is 11.5 Å². The van der Waals surface area contributed by atoms with Gasteiger partial charge in [0.2, 0.25) is 5.91 Å². The van der Waals surface area contributed by atoms with Crippen LogP contribution in [0.1, 0.15) is 31.9 Å². The molecule has 2 heteroatoms. The molecule has 1 amide bonds. The normalized spacial score (nSPS) is 10.9. The largest absolute Gasteiger partial charge is 0.342 e. The molecule has 1 rings (SSSR count). The van der Waals surface area contributed by atoms with Gasteiger partial charge < -0.3 is 5.32 Å². The standard InChI is InChI=1S/C17H21NO/c1-14-6-8-15(9-7-14)10-11-16(19)18-13-5-12-17(2,3)4/h6-11H,13H2,1-4H3,(H,18,19)/b11-10+. The zero-order chi connectivity index (χ0) is 14.3. The molecule has 100 valence electrons. The lowest BCUT2D eigenvalue weighted by atomic mass is 9.98. The Hall–Kier alpha value is -2.01. The highest BCUT2D eigenvalue weighted by molar-refractivity contribution is 5.91. The van der Waals surface area contributed by atoms with Crippen LogP contribution in [0.5, 0.6) is 0 Å². The molecule has 0 aliphatic heterocycles. The Bertz CT molecular complexity index is 507. The summed E-state index contributed by atoms with van der Waals surface area (Å²) in [6, 6.07) is 8.01. The Morgan fingerprint density at radius 2 is 1.89 bits per heavy atom. The highest BCUT2D eigenvalue weighted by atomic mass is 16.1. The van der Waals surface area contributed by atoms with E-state index >= 15 is 0 Å². The van der Waals surface area contributed by atoms with Gasteiger partial charge in [-0.15, -0.1) is 0 Å². The van der Waals surface area contributed by atoms with Crippen molar-refractivity contribution in [3.63, 3.8) is 0 Å². The summed E-state index contributed by atoms with van der Waals surface area (Å²) < 4.78 is 0. The van der Waals surface area contributed by atoms with Gasteiger partial charge in [0.05, 0.1) is 6.54 Å². The lowest BCUT2D eigenvalue weighted by Gasteiger charge is -2.06. The maximum atomic E-state index is 11.5. The summed E-state index contributed by atoms with van der Waals surface area (Å²) in [4.78, 5) is 11.5. The number of hydrogen-bond donors (Lipinski definition) is 1. The highest BCUT2D eigenvalue weighted by Gasteiger charge is 2.02. The van der Waals surface area contributed by atoms with Gasteiger partial charge in [-0.25, -0.2) is 0 Å². The highest BCUT2D eigenvalue weighted by Crippen LogP contribution is 2.09. The molecule has 1 N–H and O–H groups in total. The van der Waals surface area contributed by atoms with Gasteiger partial charge in [-0.1, -0.05) is 41.7 Å². The molecule has 0 fully saturated rings. The van der Waals surface area contributed by atoms with Gasteiger partial charge in [0.1, 0.15) is 0 Å². The fourth-order valence-corrected chi connectivity index (χ4v) is 1.35. The minimum atomic E-state index is -0.121. The summed E-state index contributed by atoms with van der Waals surface area (Å²) in [6.07, 6.45) is 3.33. The maximum absolute atomic E-state index is 11.5. The molecule has 0 aromatic heterocycles. The van der Waals surface area contributed by atoms with E-state index in [1.807, 2.05) is 52.0 Å². The first kappa shape index (κ1) is 15.0. The number of carbonyl (C=O) groups excluding carboxylic acids is 1. The molecule has 0 saturated carbocycles. The first-order chi connectivity index (χ1) is 8.87. The van der Waals surface area contributed by atoms with Crippen LogP contribution in [0.3, 0.4) is 0 Å². The fraction of sp³-hybridized carbons (Fsp3) is 0.353. The third kappa shape index (κ3) is 7.10. The second kappa shape index (κ2) is 6.80. The van der Waals surface area contributed by atoms with Crippen molar-refractivity contribution in [1.29, 1.82) is 0 Å². The quantitative estimate of drug-likeness (QED) is 0.652. The average molecular weight is 255 g/mol. The van der Waals surface area contributed by atoms with Crippen LogP contribution in [0.25, 0.3) is 6.08 Å². The Labute approximate surface area is 115 Å². The Morgan fingerprint density at radius 3 is 2.47 bits per heavy atom. The van der Waals surface area contributed by atoms with Crippen LogP contribution in [0.4, 0.5) is 0 Å². The van der Waals surface area contributed by atoms with E-state index in [-0.39, 0.29) is 11.3 Å². The smallest absolute Gasteiger partial charge is 0.244 e. The lowest BCUT2D eigenvalue weighted by molar-refractivity contribution is -0.116. The summed E-state index contributed by atoms with van der Waals surface area (Å²) in [5.41, 5.74) is 2.20. The SMILES string of the molecule is Cc1ccc(/C=C/C(=O)NCC#CC(C)(C)C)cc1. The number of hydrogen-bond acceptors (Lipinski definition) is 1. The van der Waals surface area contributed by atoms with Gasteiger partial charge in [-0.3, -0.25) is 4.79 Å². The predicted molar refractivity (Wildman–Crippen MR) is 80.5 cm³/mol. The van der Waals surface area contributed by atoms with Gasteiger partial charge in [-0.2, -0.15) is 0 Å². The zero-order valence-electron chi connectivity index (χ0n) is 12.1. The van der Waals surface area contributed by atoms with Crippen molar-refractivity contribution >= 4 is 12.0 Å². The molecule has 0 atom stereocenters. The summed E-state index contributed by atoms with van der Waals surface area (Å²) in [5.74, 6) is 5.89. The molecule has 2 nitrogen and oxygen atoms in total. The van der Waals surface area contributed by atoms with E-state index in [1.165, 1.54) is 11.6 Å². The Kier molecular flexibility index (Phi) is 5.38. The number of amides is 1. The number of carbonyl (C=O) groups is 1. The van der Waals surface area contributed by atoms with Gasteiger partial charge >= 0.3 is 0 Å². The summed E-state index contributed by atoms with van der Waals surface area (Å²) in [5, 5.41) is 2.74. The molecule has 1 aromatic carbocycles. The number of aryl methyl sites for hydroxylation is 1. The third-order valence-corrected chi connectivity index (χ3v) is 2.32. The van der Waals surface area contributed by atoms with Gasteiger partial charge in [0.25, 0.3) is 0 Å². The molecule has 0 unspecified atom stereocenters. The van der Waals surface area contributed by atoms with Crippen molar-refractivity contribution in [3.05, 3.63) is 41.5 Å². The first-order valence-electron chi connectivity index (χ1n) is 6.39. The van der Waals surface area contributed by atoms with E-state index in [2.05, 4.69) is 17.2 Å². The van der Waals surface area contributed by atoms with E-state index in [9.17, 15) is 4.79 Å². The number of benzene rings is 1. The molecule has 0 bridgehead atoms. The van der Waals surface area contributed by atoms with Crippen LogP contribution in [0, 0.1) is 24.2 Å². The molecule has 0 spiro atoms. The first-order valence-corrected chi connectivity index (χ1v) is 6.39. The summed E-state index contributed by atoms with van der Waals surface area (Å²) >= 11 is 0. The molecule has 19 heavy (non-hydrogen) atoms. The van der Waals surface area contributed by atoms with E-state index < -0.39 is 0 Å². The molecule has 1 aromatic rings. The predicted octanol–water partition coefficient (Wildman–Crippen LogP) is 3.17. The van der Waals surface area contributed by atoms with Crippen LogP contribution in [0.2, 0.25) is 0 Å². The molecule has 0 radical (unpaired) electrons. The van der Waals surface area contributed by atoms with Crippen LogP contribution in [-0.4, -0.2) is 12.5 Å². The molecular formula is C17H21NO. The Balaban J connectivity index is 2.43. The second-order valence-electron chi connectivity index (χ2n) is 5.51. The van der Waals surface area contributed by atoms with Crippen molar-refractivity contribution < 1.29 is 4.79 Å². The number of nitrogens with one attached hydrogen (secondary N) is 1. The zero-order valence-corrected chi connectivity index (χ0v) is 12.1. The monoisotopic (exact) mass is 255 g/mol. The van der Waals surface area contributed by atoms with Crippen molar-refractivity contribution in [2.75, 3.05) is 6.54 Å². The van der Waals surface area contributed by atoms with E-state index in [4.69, 9.17) is 0 Å². The summed E-state index contributed by atoms with van der Waals surface area (Å²) in [7, 11) is 0. The third-order valence-electron chi connectivity index (χ3n) is 2.32. The van der Waals surface area contributed by atoms with Crippen LogP contribution < -0.4 is 5.32 Å². The van der Waals surface area contributed by atoms with Crippen molar-refractivity contribution in [2.24, 2.45) is 5.41 Å². The molecule has 0 saturated heterocycles. The van der Waals surface area contributed by atoms with Gasteiger partial charge in [0.15, 0.2) is 0 Å². The minimum Gasteiger partial charge on any atom is -0.342 e. The molecular weight excluding hydrogens is 234 g/mol. The van der Waals surface area contributed by atoms with Crippen LogP contribution >= 0.6 is 0 Å². The van der Waals surface area contributed by atoms with Crippen molar-refractivity contribution in [2.45, 2.75) is 27.7 Å². The van der Waals surface area contributed by atoms with E-state index in [0.29, 0.717) is 6.54 Å². The summed E-state index contributed by atoms with van der Waals surface area (Å²) in [6.45, 7) is 8.54. The van der Waals surface area contributed by atoms with Gasteiger partial charge in [-0.05, 0) is 39.3 Å². The number of rotatable bonds is 3. The maximum Gasteiger partial charge on any atom is 0.244 e. The van der Waals surface area contributed by atoms with Crippen LogP contribution in [-0.2, 0) is 4.79 Å². The molecule has 0 aliphatic rings. The average Bonchev–Trinajstić information content (AvgIpc) is 2.33. The fourth-order valence-electron chi connectivity index (χ4n) is 1.35. The van der Waals surface area contributed by atoms with Crippen LogP contribution in [0.15, 0.2) is 30.3 Å².